The van der Waals surface area contributed by atoms with E-state index in [-0.39, 0.29) is 5.91 Å². The molecular weight excluding hydrogens is 320 g/mol. The van der Waals surface area contributed by atoms with Crippen LogP contribution >= 0.6 is 11.3 Å². The zero-order valence-corrected chi connectivity index (χ0v) is 15.1. The van der Waals surface area contributed by atoms with Gasteiger partial charge in [0.1, 0.15) is 5.75 Å². The number of carbonyl (C=O) groups excluding carboxylic acids is 1. The summed E-state index contributed by atoms with van der Waals surface area (Å²) < 4.78 is 5.48. The summed E-state index contributed by atoms with van der Waals surface area (Å²) in [5, 5.41) is 0. The second kappa shape index (κ2) is 7.81. The van der Waals surface area contributed by atoms with Crippen LogP contribution in [0, 0.1) is 6.92 Å². The lowest BCUT2D eigenvalue weighted by molar-refractivity contribution is 0.0633. The van der Waals surface area contributed by atoms with Crippen molar-refractivity contribution in [1.29, 1.82) is 0 Å². The second-order valence-corrected chi connectivity index (χ2v) is 7.34. The monoisotopic (exact) mass is 344 g/mol. The average Bonchev–Trinajstić information content (AvgIpc) is 3.03. The molecule has 0 radical (unpaired) electrons. The Labute approximate surface area is 147 Å². The van der Waals surface area contributed by atoms with Crippen LogP contribution in [0.4, 0.5) is 0 Å². The van der Waals surface area contributed by atoms with Gasteiger partial charge in [-0.15, -0.1) is 11.3 Å². The molecule has 1 saturated heterocycles. The first kappa shape index (κ1) is 17.0. The van der Waals surface area contributed by atoms with Crippen molar-refractivity contribution in [3.05, 3.63) is 51.7 Å². The Bertz CT molecular complexity index is 673. The van der Waals surface area contributed by atoms with Crippen LogP contribution in [-0.2, 0) is 6.54 Å². The predicted molar refractivity (Wildman–Crippen MR) is 97.8 cm³/mol. The van der Waals surface area contributed by atoms with Crippen LogP contribution in [0.5, 0.6) is 5.75 Å². The maximum atomic E-state index is 12.5. The van der Waals surface area contributed by atoms with Crippen LogP contribution in [0.1, 0.15) is 27.0 Å². The number of ether oxygens (including phenoxy) is 1. The Hall–Kier alpha value is -1.85. The first-order chi connectivity index (χ1) is 11.7. The van der Waals surface area contributed by atoms with Gasteiger partial charge in [0.05, 0.1) is 11.5 Å². The van der Waals surface area contributed by atoms with Crippen LogP contribution in [0.25, 0.3) is 0 Å². The van der Waals surface area contributed by atoms with Gasteiger partial charge in [0.25, 0.3) is 5.91 Å². The van der Waals surface area contributed by atoms with Crippen molar-refractivity contribution in [1.82, 2.24) is 9.80 Å². The standard InChI is InChI=1S/C19H24N2O2S/c1-3-23-17-7-5-16(6-8-17)14-20-10-12-21(13-11-20)19(22)18-9-4-15(2)24-18/h4-9H,3,10-14H2,1-2H3. The average molecular weight is 344 g/mol. The van der Waals surface area contributed by atoms with Gasteiger partial charge in [-0.2, -0.15) is 0 Å². The first-order valence-corrected chi connectivity index (χ1v) is 9.27. The predicted octanol–water partition coefficient (Wildman–Crippen LogP) is 3.41. The van der Waals surface area contributed by atoms with E-state index < -0.39 is 0 Å². The van der Waals surface area contributed by atoms with E-state index in [0.29, 0.717) is 6.61 Å². The molecule has 1 aromatic carbocycles. The molecule has 1 amide bonds. The third-order valence-corrected chi connectivity index (χ3v) is 5.24. The maximum absolute atomic E-state index is 12.5. The summed E-state index contributed by atoms with van der Waals surface area (Å²) in [4.78, 5) is 18.9. The van der Waals surface area contributed by atoms with E-state index in [4.69, 9.17) is 4.74 Å². The molecule has 1 aromatic heterocycles. The maximum Gasteiger partial charge on any atom is 0.264 e. The van der Waals surface area contributed by atoms with Gasteiger partial charge in [0.15, 0.2) is 0 Å². The topological polar surface area (TPSA) is 32.8 Å². The van der Waals surface area contributed by atoms with Crippen molar-refractivity contribution in [2.75, 3.05) is 32.8 Å². The third-order valence-electron chi connectivity index (χ3n) is 4.25. The number of carbonyl (C=O) groups is 1. The zero-order chi connectivity index (χ0) is 16.9. The van der Waals surface area contributed by atoms with Gasteiger partial charge in [-0.3, -0.25) is 9.69 Å². The van der Waals surface area contributed by atoms with E-state index in [1.54, 1.807) is 11.3 Å². The fourth-order valence-electron chi connectivity index (χ4n) is 2.93. The Kier molecular flexibility index (Phi) is 5.53. The quantitative estimate of drug-likeness (QED) is 0.833. The molecule has 0 bridgehead atoms. The molecule has 0 atom stereocenters. The molecule has 2 aromatic rings. The summed E-state index contributed by atoms with van der Waals surface area (Å²) in [5.74, 6) is 1.09. The van der Waals surface area contributed by atoms with Crippen molar-refractivity contribution in [2.24, 2.45) is 0 Å². The molecule has 1 fully saturated rings. The van der Waals surface area contributed by atoms with E-state index in [1.807, 2.05) is 43.0 Å². The van der Waals surface area contributed by atoms with Crippen LogP contribution in [-0.4, -0.2) is 48.5 Å². The molecule has 0 spiro atoms. The van der Waals surface area contributed by atoms with Gasteiger partial charge in [0, 0.05) is 37.6 Å². The number of amides is 1. The van der Waals surface area contributed by atoms with Crippen LogP contribution in [0.2, 0.25) is 0 Å². The van der Waals surface area contributed by atoms with Crippen molar-refractivity contribution in [3.63, 3.8) is 0 Å². The molecule has 2 heterocycles. The Morgan fingerprint density at radius 1 is 1.08 bits per heavy atom. The van der Waals surface area contributed by atoms with Gasteiger partial charge in [-0.05, 0) is 43.7 Å². The minimum Gasteiger partial charge on any atom is -0.494 e. The van der Waals surface area contributed by atoms with E-state index in [0.717, 1.165) is 43.4 Å². The van der Waals surface area contributed by atoms with Gasteiger partial charge >= 0.3 is 0 Å². The number of rotatable bonds is 5. The fourth-order valence-corrected chi connectivity index (χ4v) is 3.77. The summed E-state index contributed by atoms with van der Waals surface area (Å²) in [6, 6.07) is 12.2. The number of benzene rings is 1. The fraction of sp³-hybridized carbons (Fsp3) is 0.421. The van der Waals surface area contributed by atoms with Gasteiger partial charge in [-0.1, -0.05) is 12.1 Å². The molecule has 5 heteroatoms. The summed E-state index contributed by atoms with van der Waals surface area (Å²) in [6.07, 6.45) is 0. The third kappa shape index (κ3) is 4.16. The van der Waals surface area contributed by atoms with Crippen LogP contribution in [0.15, 0.2) is 36.4 Å². The molecule has 128 valence electrons. The lowest BCUT2D eigenvalue weighted by Crippen LogP contribution is -2.48. The van der Waals surface area contributed by atoms with Gasteiger partial charge in [0.2, 0.25) is 0 Å². The summed E-state index contributed by atoms with van der Waals surface area (Å²) in [7, 11) is 0. The smallest absolute Gasteiger partial charge is 0.264 e. The molecule has 0 unspecified atom stereocenters. The summed E-state index contributed by atoms with van der Waals surface area (Å²) in [6.45, 7) is 9.08. The van der Waals surface area contributed by atoms with Crippen molar-refractivity contribution in [2.45, 2.75) is 20.4 Å². The van der Waals surface area contributed by atoms with Crippen LogP contribution in [0.3, 0.4) is 0 Å². The highest BCUT2D eigenvalue weighted by atomic mass is 32.1. The van der Waals surface area contributed by atoms with E-state index in [2.05, 4.69) is 17.0 Å². The van der Waals surface area contributed by atoms with Crippen LogP contribution < -0.4 is 4.74 Å². The molecule has 3 rings (SSSR count). The number of piperazine rings is 1. The number of hydrogen-bond acceptors (Lipinski definition) is 4. The Morgan fingerprint density at radius 3 is 2.38 bits per heavy atom. The minimum absolute atomic E-state index is 0.175. The van der Waals surface area contributed by atoms with E-state index in [1.165, 1.54) is 10.4 Å². The number of aryl methyl sites for hydroxylation is 1. The lowest BCUT2D eigenvalue weighted by atomic mass is 10.2. The normalized spacial score (nSPS) is 15.5. The molecule has 1 aliphatic heterocycles. The van der Waals surface area contributed by atoms with Crippen molar-refractivity contribution in [3.8, 4) is 5.75 Å². The lowest BCUT2D eigenvalue weighted by Gasteiger charge is -2.34. The van der Waals surface area contributed by atoms with E-state index in [9.17, 15) is 4.79 Å². The summed E-state index contributed by atoms with van der Waals surface area (Å²) >= 11 is 1.58. The number of thiophene rings is 1. The molecule has 4 nitrogen and oxygen atoms in total. The highest BCUT2D eigenvalue weighted by Gasteiger charge is 2.22. The minimum atomic E-state index is 0.175. The molecule has 24 heavy (non-hydrogen) atoms. The molecule has 1 aliphatic rings. The van der Waals surface area contributed by atoms with Crippen molar-refractivity contribution < 1.29 is 9.53 Å². The molecule has 0 saturated carbocycles. The highest BCUT2D eigenvalue weighted by molar-refractivity contribution is 7.13. The number of hydrogen-bond donors (Lipinski definition) is 0. The Morgan fingerprint density at radius 2 is 1.79 bits per heavy atom. The molecular formula is C19H24N2O2S. The van der Waals surface area contributed by atoms with E-state index >= 15 is 0 Å². The van der Waals surface area contributed by atoms with Crippen molar-refractivity contribution >= 4 is 17.2 Å². The SMILES string of the molecule is CCOc1ccc(CN2CCN(C(=O)c3ccc(C)s3)CC2)cc1. The molecule has 0 aliphatic carbocycles. The molecule has 0 N–H and O–H groups in total. The first-order valence-electron chi connectivity index (χ1n) is 8.45. The highest BCUT2D eigenvalue weighted by Crippen LogP contribution is 2.19. The number of nitrogens with zero attached hydrogens (tertiary/aromatic N) is 2. The zero-order valence-electron chi connectivity index (χ0n) is 14.3. The largest absolute Gasteiger partial charge is 0.494 e. The summed E-state index contributed by atoms with van der Waals surface area (Å²) in [5.41, 5.74) is 1.28. The second-order valence-electron chi connectivity index (χ2n) is 6.06. The Balaban J connectivity index is 1.50. The van der Waals surface area contributed by atoms with Gasteiger partial charge in [-0.25, -0.2) is 0 Å². The van der Waals surface area contributed by atoms with Gasteiger partial charge < -0.3 is 9.64 Å².